The number of alkyl halides is 4. The van der Waals surface area contributed by atoms with Crippen molar-refractivity contribution < 1.29 is 36.8 Å². The fraction of sp³-hybridized carbons (Fsp3) is 0.235. The van der Waals surface area contributed by atoms with Crippen molar-refractivity contribution >= 4 is 17.4 Å². The number of amides is 2. The number of nitrogens with zero attached hydrogens (tertiary/aromatic N) is 1. The lowest BCUT2D eigenvalue weighted by Gasteiger charge is -2.17. The van der Waals surface area contributed by atoms with Crippen molar-refractivity contribution in [1.29, 1.82) is 0 Å². The molecule has 0 saturated carbocycles. The maximum Gasteiger partial charge on any atom is 0.387 e. The third-order valence-electron chi connectivity index (χ3n) is 3.57. The number of rotatable bonds is 8. The number of non-ortho nitro benzene ring substituents is 1. The quantitative estimate of drug-likeness (QED) is 0.369. The van der Waals surface area contributed by atoms with Crippen LogP contribution in [-0.2, 0) is 0 Å². The van der Waals surface area contributed by atoms with Crippen LogP contribution in [0.3, 0.4) is 0 Å². The van der Waals surface area contributed by atoms with Gasteiger partial charge in [-0.1, -0.05) is 12.1 Å². The van der Waals surface area contributed by atoms with Crippen LogP contribution in [-0.4, -0.2) is 24.2 Å². The molecule has 0 fully saturated rings. The van der Waals surface area contributed by atoms with E-state index in [1.807, 2.05) is 0 Å². The van der Waals surface area contributed by atoms with E-state index in [9.17, 15) is 32.5 Å². The molecule has 1 atom stereocenters. The molecule has 156 valence electrons. The van der Waals surface area contributed by atoms with Crippen LogP contribution in [0.5, 0.6) is 11.5 Å². The smallest absolute Gasteiger partial charge is 0.387 e. The highest BCUT2D eigenvalue weighted by molar-refractivity contribution is 5.91. The zero-order valence-corrected chi connectivity index (χ0v) is 14.8. The number of nitro groups is 1. The molecule has 0 heterocycles. The Kier molecular flexibility index (Phi) is 7.17. The Labute approximate surface area is 161 Å². The Balaban J connectivity index is 2.13. The van der Waals surface area contributed by atoms with Crippen LogP contribution in [0.2, 0.25) is 0 Å². The van der Waals surface area contributed by atoms with Crippen LogP contribution in [0.25, 0.3) is 0 Å². The predicted octanol–water partition coefficient (Wildman–Crippen LogP) is 4.68. The second kappa shape index (κ2) is 9.57. The minimum Gasteiger partial charge on any atom is -0.435 e. The Morgan fingerprint density at radius 2 is 1.76 bits per heavy atom. The third-order valence-corrected chi connectivity index (χ3v) is 3.57. The molecular weight excluding hydrogens is 402 g/mol. The van der Waals surface area contributed by atoms with Crippen molar-refractivity contribution in [3.63, 3.8) is 0 Å². The number of halogens is 4. The molecule has 2 rings (SSSR count). The minimum atomic E-state index is -3.21. The Morgan fingerprint density at radius 3 is 2.38 bits per heavy atom. The number of carbonyl (C=O) groups excluding carboxylic acids is 1. The Hall–Kier alpha value is -3.57. The first-order valence-electron chi connectivity index (χ1n) is 8.01. The van der Waals surface area contributed by atoms with Gasteiger partial charge in [0.25, 0.3) is 5.69 Å². The minimum absolute atomic E-state index is 0.113. The molecule has 0 saturated heterocycles. The molecule has 2 amide bonds. The molecule has 0 bridgehead atoms. The molecule has 0 aromatic heterocycles. The number of nitrogens with one attached hydrogen (secondary N) is 2. The van der Waals surface area contributed by atoms with E-state index in [-0.39, 0.29) is 11.4 Å². The molecule has 29 heavy (non-hydrogen) atoms. The van der Waals surface area contributed by atoms with Crippen molar-refractivity contribution in [1.82, 2.24) is 5.32 Å². The highest BCUT2D eigenvalue weighted by atomic mass is 19.3. The molecule has 0 aliphatic carbocycles. The first kappa shape index (κ1) is 21.7. The summed E-state index contributed by atoms with van der Waals surface area (Å²) in [6.45, 7) is -4.69. The van der Waals surface area contributed by atoms with Crippen LogP contribution in [0.1, 0.15) is 18.5 Å². The second-order valence-electron chi connectivity index (χ2n) is 5.59. The molecule has 1 unspecified atom stereocenters. The van der Waals surface area contributed by atoms with E-state index in [4.69, 9.17) is 0 Å². The molecule has 0 aliphatic heterocycles. The standard InChI is InChI=1S/C17H15F4N3O5/c1-9(10-3-2-4-12(7-10)28-15(18)19)22-17(25)23-13-8-11(24(26)27)5-6-14(13)29-16(20)21/h2-9,15-16H,1H3,(H2,22,23,25). The number of benzene rings is 2. The van der Waals surface area contributed by atoms with E-state index in [0.29, 0.717) is 5.56 Å². The first-order valence-corrected chi connectivity index (χ1v) is 8.01. The maximum absolute atomic E-state index is 12.5. The van der Waals surface area contributed by atoms with Crippen molar-refractivity contribution in [2.24, 2.45) is 0 Å². The summed E-state index contributed by atoms with van der Waals surface area (Å²) in [4.78, 5) is 22.3. The average molecular weight is 417 g/mol. The second-order valence-corrected chi connectivity index (χ2v) is 5.59. The maximum atomic E-state index is 12.5. The normalized spacial score (nSPS) is 11.8. The number of ether oxygens (including phenoxy) is 2. The summed E-state index contributed by atoms with van der Waals surface area (Å²) in [5, 5.41) is 15.5. The van der Waals surface area contributed by atoms with Gasteiger partial charge in [0, 0.05) is 12.1 Å². The van der Waals surface area contributed by atoms with Gasteiger partial charge in [-0.15, -0.1) is 0 Å². The SMILES string of the molecule is CC(NC(=O)Nc1cc([N+](=O)[O-])ccc1OC(F)F)c1cccc(OC(F)F)c1. The van der Waals surface area contributed by atoms with Gasteiger partial charge in [-0.05, 0) is 30.7 Å². The van der Waals surface area contributed by atoms with Gasteiger partial charge in [-0.25, -0.2) is 4.79 Å². The van der Waals surface area contributed by atoms with Gasteiger partial charge in [0.2, 0.25) is 0 Å². The van der Waals surface area contributed by atoms with Crippen molar-refractivity contribution in [3.8, 4) is 11.5 Å². The van der Waals surface area contributed by atoms with Gasteiger partial charge >= 0.3 is 19.3 Å². The summed E-state index contributed by atoms with van der Waals surface area (Å²) in [5.74, 6) is -0.585. The van der Waals surface area contributed by atoms with Crippen molar-refractivity contribution in [2.75, 3.05) is 5.32 Å². The van der Waals surface area contributed by atoms with Gasteiger partial charge in [-0.3, -0.25) is 10.1 Å². The largest absolute Gasteiger partial charge is 0.435 e. The molecule has 8 nitrogen and oxygen atoms in total. The summed E-state index contributed by atoms with van der Waals surface area (Å²) >= 11 is 0. The number of carbonyl (C=O) groups is 1. The fourth-order valence-electron chi connectivity index (χ4n) is 2.33. The van der Waals surface area contributed by atoms with E-state index >= 15 is 0 Å². The highest BCUT2D eigenvalue weighted by Gasteiger charge is 2.18. The third kappa shape index (κ3) is 6.52. The number of nitro benzene ring substituents is 1. The van der Waals surface area contributed by atoms with E-state index in [1.54, 1.807) is 6.07 Å². The van der Waals surface area contributed by atoms with E-state index in [2.05, 4.69) is 20.1 Å². The lowest BCUT2D eigenvalue weighted by atomic mass is 10.1. The van der Waals surface area contributed by atoms with Gasteiger partial charge in [-0.2, -0.15) is 17.6 Å². The molecule has 2 aromatic rings. The Bertz CT molecular complexity index is 882. The van der Waals surface area contributed by atoms with Gasteiger partial charge in [0.05, 0.1) is 16.7 Å². The van der Waals surface area contributed by atoms with Crippen LogP contribution < -0.4 is 20.1 Å². The zero-order chi connectivity index (χ0) is 21.6. The molecule has 2 aromatic carbocycles. The van der Waals surface area contributed by atoms with Crippen LogP contribution >= 0.6 is 0 Å². The number of hydrogen-bond donors (Lipinski definition) is 2. The number of urea groups is 1. The summed E-state index contributed by atoms with van der Waals surface area (Å²) in [5.41, 5.74) is -0.382. The van der Waals surface area contributed by atoms with E-state index < -0.39 is 41.7 Å². The number of hydrogen-bond acceptors (Lipinski definition) is 5. The summed E-state index contributed by atoms with van der Waals surface area (Å²) < 4.78 is 58.1. The molecular formula is C17H15F4N3O5. The first-order chi connectivity index (χ1) is 13.7. The zero-order valence-electron chi connectivity index (χ0n) is 14.8. The molecule has 0 aliphatic rings. The summed E-state index contributed by atoms with van der Waals surface area (Å²) in [6, 6.07) is 6.72. The average Bonchev–Trinajstić information content (AvgIpc) is 2.62. The van der Waals surface area contributed by atoms with Gasteiger partial charge in [0.15, 0.2) is 0 Å². The van der Waals surface area contributed by atoms with Gasteiger partial charge < -0.3 is 20.1 Å². The lowest BCUT2D eigenvalue weighted by Crippen LogP contribution is -2.31. The molecule has 12 heteroatoms. The van der Waals surface area contributed by atoms with Crippen molar-refractivity contribution in [2.45, 2.75) is 26.2 Å². The molecule has 0 radical (unpaired) electrons. The van der Waals surface area contributed by atoms with E-state index in [0.717, 1.165) is 18.2 Å². The lowest BCUT2D eigenvalue weighted by molar-refractivity contribution is -0.384. The number of anilines is 1. The van der Waals surface area contributed by atoms with Crippen LogP contribution in [0, 0.1) is 10.1 Å². The summed E-state index contributed by atoms with van der Waals surface area (Å²) in [6.07, 6.45) is 0. The monoisotopic (exact) mass is 417 g/mol. The fourth-order valence-corrected chi connectivity index (χ4v) is 2.33. The van der Waals surface area contributed by atoms with Crippen LogP contribution in [0.15, 0.2) is 42.5 Å². The Morgan fingerprint density at radius 1 is 1.07 bits per heavy atom. The van der Waals surface area contributed by atoms with Crippen molar-refractivity contribution in [3.05, 3.63) is 58.1 Å². The molecule has 2 N–H and O–H groups in total. The highest BCUT2D eigenvalue weighted by Crippen LogP contribution is 2.30. The topological polar surface area (TPSA) is 103 Å². The van der Waals surface area contributed by atoms with Gasteiger partial charge in [0.1, 0.15) is 11.5 Å². The molecule has 0 spiro atoms. The van der Waals surface area contributed by atoms with Crippen LogP contribution in [0.4, 0.5) is 33.7 Å². The predicted molar refractivity (Wildman–Crippen MR) is 93.4 cm³/mol. The summed E-state index contributed by atoms with van der Waals surface area (Å²) in [7, 11) is 0. The van der Waals surface area contributed by atoms with E-state index in [1.165, 1.54) is 25.1 Å².